The fourth-order valence-electron chi connectivity index (χ4n) is 3.78. The van der Waals surface area contributed by atoms with Crippen LogP contribution in [0.1, 0.15) is 50.0 Å². The molecule has 1 aliphatic heterocycles. The molecule has 1 aliphatic rings. The highest BCUT2D eigenvalue weighted by Gasteiger charge is 2.31. The standard InChI is InChI=1S/C21H24FN5O2S/c1-15(2)21-24-9-11-27(21)20-13-23-12-19(25-20)16-4-3-10-26(14-16)30(28,29)18-7-5-17(22)6-8-18/h5-9,11-13,15-16H,3-4,10,14H2,1-2H3/t16-/m1/s1. The van der Waals surface area contributed by atoms with Gasteiger partial charge >= 0.3 is 0 Å². The summed E-state index contributed by atoms with van der Waals surface area (Å²) in [4.78, 5) is 13.6. The van der Waals surface area contributed by atoms with Gasteiger partial charge in [0.25, 0.3) is 0 Å². The highest BCUT2D eigenvalue weighted by molar-refractivity contribution is 7.89. The second-order valence-corrected chi connectivity index (χ2v) is 9.71. The predicted molar refractivity (Wildman–Crippen MR) is 110 cm³/mol. The van der Waals surface area contributed by atoms with Crippen molar-refractivity contribution in [3.05, 3.63) is 66.4 Å². The summed E-state index contributed by atoms with van der Waals surface area (Å²) in [5, 5.41) is 0. The normalized spacial score (nSPS) is 18.1. The topological polar surface area (TPSA) is 81.0 Å². The van der Waals surface area contributed by atoms with E-state index < -0.39 is 15.8 Å². The van der Waals surface area contributed by atoms with Crippen LogP contribution in [0.25, 0.3) is 5.82 Å². The van der Waals surface area contributed by atoms with Crippen molar-refractivity contribution in [3.8, 4) is 5.82 Å². The number of aromatic nitrogens is 4. The molecular weight excluding hydrogens is 405 g/mol. The summed E-state index contributed by atoms with van der Waals surface area (Å²) in [6.45, 7) is 4.88. The van der Waals surface area contributed by atoms with Crippen molar-refractivity contribution in [1.82, 2.24) is 23.8 Å². The third-order valence-electron chi connectivity index (χ3n) is 5.33. The molecule has 9 heteroatoms. The highest BCUT2D eigenvalue weighted by Crippen LogP contribution is 2.30. The fourth-order valence-corrected chi connectivity index (χ4v) is 5.30. The molecule has 0 spiro atoms. The molecular formula is C21H24FN5O2S. The maximum atomic E-state index is 13.2. The van der Waals surface area contributed by atoms with Gasteiger partial charge in [-0.3, -0.25) is 9.55 Å². The first-order valence-corrected chi connectivity index (χ1v) is 11.4. The zero-order valence-corrected chi connectivity index (χ0v) is 17.8. The lowest BCUT2D eigenvalue weighted by molar-refractivity contribution is 0.312. The van der Waals surface area contributed by atoms with Gasteiger partial charge in [0, 0.05) is 43.5 Å². The lowest BCUT2D eigenvalue weighted by atomic mass is 9.96. The largest absolute Gasteiger partial charge is 0.286 e. The van der Waals surface area contributed by atoms with E-state index in [1.165, 1.54) is 28.6 Å². The van der Waals surface area contributed by atoms with E-state index in [1.54, 1.807) is 18.6 Å². The number of benzene rings is 1. The molecule has 0 bridgehead atoms. The van der Waals surface area contributed by atoms with Crippen LogP contribution in [0.15, 0.2) is 53.9 Å². The van der Waals surface area contributed by atoms with Crippen LogP contribution in [0, 0.1) is 5.82 Å². The molecule has 3 heterocycles. The highest BCUT2D eigenvalue weighted by atomic mass is 32.2. The molecule has 0 amide bonds. The Hall–Kier alpha value is -2.65. The van der Waals surface area contributed by atoms with Crippen molar-refractivity contribution >= 4 is 10.0 Å². The Balaban J connectivity index is 1.59. The Morgan fingerprint density at radius 1 is 1.17 bits per heavy atom. The summed E-state index contributed by atoms with van der Waals surface area (Å²) in [5.74, 6) is 1.28. The van der Waals surface area contributed by atoms with Crippen molar-refractivity contribution in [3.63, 3.8) is 0 Å². The van der Waals surface area contributed by atoms with Crippen LogP contribution in [0.5, 0.6) is 0 Å². The van der Waals surface area contributed by atoms with Crippen molar-refractivity contribution in [1.29, 1.82) is 0 Å². The number of rotatable bonds is 5. The molecule has 158 valence electrons. The molecule has 2 aromatic heterocycles. The molecule has 0 unspecified atom stereocenters. The van der Waals surface area contributed by atoms with Crippen molar-refractivity contribution < 1.29 is 12.8 Å². The van der Waals surface area contributed by atoms with Gasteiger partial charge < -0.3 is 0 Å². The van der Waals surface area contributed by atoms with Crippen LogP contribution in [0.4, 0.5) is 4.39 Å². The molecule has 0 aliphatic carbocycles. The monoisotopic (exact) mass is 429 g/mol. The number of halogens is 1. The quantitative estimate of drug-likeness (QED) is 0.620. The van der Waals surface area contributed by atoms with E-state index in [1.807, 2.05) is 10.8 Å². The van der Waals surface area contributed by atoms with E-state index in [-0.39, 0.29) is 16.7 Å². The molecule has 1 saturated heterocycles. The molecule has 0 N–H and O–H groups in total. The minimum atomic E-state index is -3.69. The van der Waals surface area contributed by atoms with E-state index in [2.05, 4.69) is 23.8 Å². The van der Waals surface area contributed by atoms with Gasteiger partial charge in [-0.15, -0.1) is 0 Å². The fraction of sp³-hybridized carbons (Fsp3) is 0.381. The maximum absolute atomic E-state index is 13.2. The van der Waals surface area contributed by atoms with Crippen LogP contribution in [-0.4, -0.2) is 45.3 Å². The van der Waals surface area contributed by atoms with Gasteiger partial charge in [-0.2, -0.15) is 4.31 Å². The molecule has 7 nitrogen and oxygen atoms in total. The number of piperidine rings is 1. The number of hydrogen-bond donors (Lipinski definition) is 0. The van der Waals surface area contributed by atoms with Gasteiger partial charge in [-0.1, -0.05) is 13.8 Å². The summed E-state index contributed by atoms with van der Waals surface area (Å²) in [6, 6.07) is 4.95. The molecule has 3 aromatic rings. The summed E-state index contributed by atoms with van der Waals surface area (Å²) in [7, 11) is -3.69. The minimum Gasteiger partial charge on any atom is -0.286 e. The zero-order valence-electron chi connectivity index (χ0n) is 16.9. The van der Waals surface area contributed by atoms with Gasteiger partial charge in [0.1, 0.15) is 11.6 Å². The first kappa shape index (κ1) is 20.6. The molecule has 0 saturated carbocycles. The Morgan fingerprint density at radius 2 is 1.93 bits per heavy atom. The third kappa shape index (κ3) is 3.99. The maximum Gasteiger partial charge on any atom is 0.243 e. The first-order valence-electron chi connectivity index (χ1n) is 9.97. The third-order valence-corrected chi connectivity index (χ3v) is 7.21. The van der Waals surface area contributed by atoms with Crippen molar-refractivity contribution in [2.75, 3.05) is 13.1 Å². The second-order valence-electron chi connectivity index (χ2n) is 7.77. The van der Waals surface area contributed by atoms with Crippen LogP contribution in [-0.2, 0) is 10.0 Å². The number of nitrogens with zero attached hydrogens (tertiary/aromatic N) is 5. The number of hydrogen-bond acceptors (Lipinski definition) is 5. The Labute approximate surface area is 175 Å². The van der Waals surface area contributed by atoms with Gasteiger partial charge in [-0.25, -0.2) is 22.8 Å². The molecule has 1 atom stereocenters. The minimum absolute atomic E-state index is 0.0626. The van der Waals surface area contributed by atoms with Gasteiger partial charge in [0.15, 0.2) is 5.82 Å². The van der Waals surface area contributed by atoms with Gasteiger partial charge in [0.05, 0.1) is 16.8 Å². The Bertz CT molecular complexity index is 1130. The summed E-state index contributed by atoms with van der Waals surface area (Å²) >= 11 is 0. The SMILES string of the molecule is CC(C)c1nccn1-c1cncc([C@@H]2CCCN(S(=O)(=O)c3ccc(F)cc3)C2)n1. The average Bonchev–Trinajstić information content (AvgIpc) is 3.25. The van der Waals surface area contributed by atoms with Crippen LogP contribution in [0.2, 0.25) is 0 Å². The first-order chi connectivity index (χ1) is 14.4. The number of imidazole rings is 1. The summed E-state index contributed by atoms with van der Waals surface area (Å²) in [6.07, 6.45) is 8.53. The van der Waals surface area contributed by atoms with E-state index in [9.17, 15) is 12.8 Å². The molecule has 30 heavy (non-hydrogen) atoms. The summed E-state index contributed by atoms with van der Waals surface area (Å²) < 4.78 is 42.6. The molecule has 1 aromatic carbocycles. The van der Waals surface area contributed by atoms with E-state index in [4.69, 9.17) is 4.98 Å². The summed E-state index contributed by atoms with van der Waals surface area (Å²) in [5.41, 5.74) is 0.759. The Morgan fingerprint density at radius 3 is 2.67 bits per heavy atom. The smallest absolute Gasteiger partial charge is 0.243 e. The van der Waals surface area contributed by atoms with Crippen LogP contribution in [0.3, 0.4) is 0 Å². The zero-order chi connectivity index (χ0) is 21.3. The van der Waals surface area contributed by atoms with Crippen LogP contribution < -0.4 is 0 Å². The lowest BCUT2D eigenvalue weighted by Crippen LogP contribution is -2.39. The van der Waals surface area contributed by atoms with E-state index in [0.717, 1.165) is 24.4 Å². The number of sulfonamides is 1. The van der Waals surface area contributed by atoms with E-state index >= 15 is 0 Å². The van der Waals surface area contributed by atoms with E-state index in [0.29, 0.717) is 18.9 Å². The van der Waals surface area contributed by atoms with Crippen molar-refractivity contribution in [2.45, 2.75) is 43.4 Å². The molecule has 0 radical (unpaired) electrons. The Kier molecular flexibility index (Phi) is 5.66. The average molecular weight is 430 g/mol. The second kappa shape index (κ2) is 8.23. The van der Waals surface area contributed by atoms with Gasteiger partial charge in [-0.05, 0) is 37.1 Å². The van der Waals surface area contributed by atoms with Gasteiger partial charge in [0.2, 0.25) is 10.0 Å². The predicted octanol–water partition coefficient (Wildman–Crippen LogP) is 3.49. The van der Waals surface area contributed by atoms with Crippen LogP contribution >= 0.6 is 0 Å². The molecule has 4 rings (SSSR count). The lowest BCUT2D eigenvalue weighted by Gasteiger charge is -2.31. The van der Waals surface area contributed by atoms with Crippen molar-refractivity contribution in [2.24, 2.45) is 0 Å². The molecule has 1 fully saturated rings.